The number of carbonyl (C=O) groups is 3. The molecule has 1 aromatic carbocycles. The molecule has 2 N–H and O–H groups in total. The van der Waals surface area contributed by atoms with Crippen LogP contribution in [0.2, 0.25) is 0 Å². The lowest BCUT2D eigenvalue weighted by Gasteiger charge is -2.11. The van der Waals surface area contributed by atoms with Crippen LogP contribution in [0.5, 0.6) is 0 Å². The molecule has 4 aromatic rings. The van der Waals surface area contributed by atoms with Gasteiger partial charge in [-0.15, -0.1) is 21.5 Å². The summed E-state index contributed by atoms with van der Waals surface area (Å²) in [4.78, 5) is 45.8. The molecule has 10 nitrogen and oxygen atoms in total. The predicted molar refractivity (Wildman–Crippen MR) is 134 cm³/mol. The Kier molecular flexibility index (Phi) is 7.31. The Morgan fingerprint density at radius 3 is 2.57 bits per heavy atom. The molecule has 0 aliphatic heterocycles. The Hall–Kier alpha value is -3.51. The monoisotopic (exact) mass is 513 g/mol. The van der Waals surface area contributed by atoms with E-state index in [4.69, 9.17) is 9.47 Å². The highest BCUT2D eigenvalue weighted by atomic mass is 32.2. The van der Waals surface area contributed by atoms with Crippen LogP contribution in [0.4, 0.5) is 5.00 Å². The molecule has 0 saturated heterocycles. The number of nitrogens with one attached hydrogen (secondary N) is 2. The Labute approximate surface area is 208 Å². The number of benzene rings is 1. The van der Waals surface area contributed by atoms with Crippen molar-refractivity contribution in [2.24, 2.45) is 0 Å². The van der Waals surface area contributed by atoms with Crippen LogP contribution in [0.3, 0.4) is 0 Å². The molecule has 0 aliphatic rings. The zero-order chi connectivity index (χ0) is 25.1. The summed E-state index contributed by atoms with van der Waals surface area (Å²) >= 11 is 2.11. The van der Waals surface area contributed by atoms with Crippen molar-refractivity contribution in [1.82, 2.24) is 20.2 Å². The first-order valence-electron chi connectivity index (χ1n) is 10.9. The zero-order valence-electron chi connectivity index (χ0n) is 19.5. The van der Waals surface area contributed by atoms with E-state index in [-0.39, 0.29) is 28.7 Å². The summed E-state index contributed by atoms with van der Waals surface area (Å²) in [6.07, 6.45) is 0. The van der Waals surface area contributed by atoms with E-state index in [0.717, 1.165) is 34.0 Å². The van der Waals surface area contributed by atoms with Crippen molar-refractivity contribution in [3.8, 4) is 0 Å². The first-order valence-corrected chi connectivity index (χ1v) is 12.6. The van der Waals surface area contributed by atoms with E-state index >= 15 is 0 Å². The van der Waals surface area contributed by atoms with Crippen LogP contribution in [-0.2, 0) is 14.3 Å². The van der Waals surface area contributed by atoms with E-state index in [1.54, 1.807) is 27.7 Å². The summed E-state index contributed by atoms with van der Waals surface area (Å²) < 4.78 is 10.2. The van der Waals surface area contributed by atoms with Crippen LogP contribution in [0.25, 0.3) is 22.1 Å². The van der Waals surface area contributed by atoms with Crippen molar-refractivity contribution in [3.63, 3.8) is 0 Å². The minimum Gasteiger partial charge on any atom is -0.462 e. The fraction of sp³-hybridized carbons (Fsp3) is 0.304. The van der Waals surface area contributed by atoms with Gasteiger partial charge < -0.3 is 19.8 Å². The second-order valence-corrected chi connectivity index (χ2v) is 9.74. The predicted octanol–water partition coefficient (Wildman–Crippen LogP) is 4.35. The maximum absolute atomic E-state index is 13.0. The third kappa shape index (κ3) is 4.98. The van der Waals surface area contributed by atoms with Crippen LogP contribution in [-0.4, -0.2) is 56.5 Å². The van der Waals surface area contributed by atoms with Crippen LogP contribution < -0.4 is 5.32 Å². The van der Waals surface area contributed by atoms with Gasteiger partial charge in [0.1, 0.15) is 15.4 Å². The maximum Gasteiger partial charge on any atom is 0.348 e. The molecule has 0 fully saturated rings. The lowest BCUT2D eigenvalue weighted by atomic mass is 10.1. The van der Waals surface area contributed by atoms with Gasteiger partial charge in [-0.05, 0) is 39.3 Å². The summed E-state index contributed by atoms with van der Waals surface area (Å²) in [5, 5.41) is 12.0. The number of thioether (sulfide) groups is 1. The summed E-state index contributed by atoms with van der Waals surface area (Å²) in [5.74, 6) is -1.57. The van der Waals surface area contributed by atoms with Gasteiger partial charge in [-0.25, -0.2) is 14.6 Å². The van der Waals surface area contributed by atoms with Crippen LogP contribution in [0.15, 0.2) is 29.4 Å². The van der Waals surface area contributed by atoms with Gasteiger partial charge in [0.05, 0.1) is 24.0 Å². The number of aromatic amines is 1. The Morgan fingerprint density at radius 1 is 1.11 bits per heavy atom. The Bertz CT molecular complexity index is 1430. The molecule has 0 saturated carbocycles. The quantitative estimate of drug-likeness (QED) is 0.260. The number of nitrogens with zero attached hydrogens (tertiary/aromatic N) is 3. The number of amides is 1. The molecule has 35 heavy (non-hydrogen) atoms. The van der Waals surface area contributed by atoms with Crippen LogP contribution in [0, 0.1) is 6.92 Å². The van der Waals surface area contributed by atoms with E-state index in [0.29, 0.717) is 21.9 Å². The van der Waals surface area contributed by atoms with E-state index in [1.165, 1.54) is 0 Å². The molecule has 1 amide bonds. The third-order valence-corrected chi connectivity index (χ3v) is 7.22. The lowest BCUT2D eigenvalue weighted by Crippen LogP contribution is -2.23. The number of rotatable bonds is 8. The summed E-state index contributed by atoms with van der Waals surface area (Å²) in [5.41, 5.74) is 2.67. The van der Waals surface area contributed by atoms with Crippen LogP contribution in [0.1, 0.15) is 46.4 Å². The van der Waals surface area contributed by atoms with E-state index in [1.807, 2.05) is 24.3 Å². The van der Waals surface area contributed by atoms with E-state index in [2.05, 4.69) is 25.5 Å². The van der Waals surface area contributed by atoms with Gasteiger partial charge in [-0.1, -0.05) is 30.0 Å². The van der Waals surface area contributed by atoms with Gasteiger partial charge >= 0.3 is 11.9 Å². The van der Waals surface area contributed by atoms with Gasteiger partial charge in [0.15, 0.2) is 5.65 Å². The van der Waals surface area contributed by atoms with Gasteiger partial charge in [-0.2, -0.15) is 0 Å². The summed E-state index contributed by atoms with van der Waals surface area (Å²) in [6.45, 7) is 7.03. The minimum atomic E-state index is -0.623. The highest BCUT2D eigenvalue weighted by molar-refractivity contribution is 8.00. The fourth-order valence-corrected chi connectivity index (χ4v) is 5.23. The van der Waals surface area contributed by atoms with Crippen molar-refractivity contribution in [1.29, 1.82) is 0 Å². The Balaban J connectivity index is 1.55. The third-order valence-electron chi connectivity index (χ3n) is 5.08. The number of ether oxygens (including phenoxy) is 2. The second kappa shape index (κ2) is 10.4. The van der Waals surface area contributed by atoms with Crippen molar-refractivity contribution >= 4 is 68.0 Å². The summed E-state index contributed by atoms with van der Waals surface area (Å²) in [7, 11) is 0. The van der Waals surface area contributed by atoms with Gasteiger partial charge in [0, 0.05) is 10.9 Å². The number of H-pyrrole nitrogens is 1. The first-order chi connectivity index (χ1) is 16.8. The average Bonchev–Trinajstić information content (AvgIpc) is 3.36. The highest BCUT2D eigenvalue weighted by Crippen LogP contribution is 2.35. The molecule has 4 rings (SSSR count). The number of aromatic nitrogens is 4. The number of carbonyl (C=O) groups excluding carboxylic acids is 3. The molecule has 0 radical (unpaired) electrons. The normalized spacial score (nSPS) is 12.0. The van der Waals surface area contributed by atoms with Crippen molar-refractivity contribution in [3.05, 3.63) is 40.3 Å². The minimum absolute atomic E-state index is 0.142. The van der Waals surface area contributed by atoms with Crippen molar-refractivity contribution in [2.75, 3.05) is 18.5 Å². The molecular formula is C23H23N5O5S2. The molecule has 12 heteroatoms. The zero-order valence-corrected chi connectivity index (χ0v) is 21.1. The van der Waals surface area contributed by atoms with Crippen molar-refractivity contribution < 1.29 is 23.9 Å². The molecule has 1 unspecified atom stereocenters. The molecule has 182 valence electrons. The second-order valence-electron chi connectivity index (χ2n) is 7.41. The SMILES string of the molecule is CCOC(=O)c1sc(NC(=O)C(C)Sc2nnc3c(n2)[nH]c2ccccc23)c(C(=O)OCC)c1C. The lowest BCUT2D eigenvalue weighted by molar-refractivity contribution is -0.115. The fourth-order valence-electron chi connectivity index (χ4n) is 3.42. The average molecular weight is 514 g/mol. The molecule has 1 atom stereocenters. The van der Waals surface area contributed by atoms with Gasteiger partial charge in [-0.3, -0.25) is 4.79 Å². The number of thiophene rings is 1. The van der Waals surface area contributed by atoms with Gasteiger partial charge in [0.2, 0.25) is 11.1 Å². The highest BCUT2D eigenvalue weighted by Gasteiger charge is 2.28. The number of hydrogen-bond acceptors (Lipinski definition) is 10. The number of para-hydroxylation sites is 1. The standard InChI is InChI=1S/C23H23N5O5S2/c1-5-32-21(30)15-11(3)17(22(31)33-6-2)35-20(15)26-19(29)12(4)34-23-25-18-16(27-28-23)13-9-7-8-10-14(13)24-18/h7-10,12H,5-6H2,1-4H3,(H,26,29)(H,24,25,28). The van der Waals surface area contributed by atoms with Crippen LogP contribution >= 0.6 is 23.1 Å². The number of esters is 2. The first kappa shape index (κ1) is 24.6. The molecule has 3 heterocycles. The number of anilines is 1. The maximum atomic E-state index is 13.0. The molecule has 3 aromatic heterocycles. The Morgan fingerprint density at radius 2 is 1.83 bits per heavy atom. The molecule has 0 aliphatic carbocycles. The van der Waals surface area contributed by atoms with Gasteiger partial charge in [0.25, 0.3) is 0 Å². The molecule has 0 bridgehead atoms. The molecule has 0 spiro atoms. The number of fused-ring (bicyclic) bond motifs is 3. The largest absolute Gasteiger partial charge is 0.462 e. The smallest absolute Gasteiger partial charge is 0.348 e. The topological polar surface area (TPSA) is 136 Å². The molecular weight excluding hydrogens is 490 g/mol. The summed E-state index contributed by atoms with van der Waals surface area (Å²) in [6, 6.07) is 7.69. The van der Waals surface area contributed by atoms with E-state index in [9.17, 15) is 14.4 Å². The van der Waals surface area contributed by atoms with Crippen molar-refractivity contribution in [2.45, 2.75) is 38.1 Å². The van der Waals surface area contributed by atoms with E-state index < -0.39 is 23.1 Å². The number of hydrogen-bond donors (Lipinski definition) is 2.